The molecule has 0 unspecified atom stereocenters. The summed E-state index contributed by atoms with van der Waals surface area (Å²) in [6, 6.07) is 6.75. The van der Waals surface area contributed by atoms with E-state index in [4.69, 9.17) is 10.5 Å². The average molecular weight is 461 g/mol. The molecule has 0 fully saturated rings. The lowest BCUT2D eigenvalue weighted by molar-refractivity contribution is -0.118. The number of rotatable bonds is 11. The predicted molar refractivity (Wildman–Crippen MR) is 125 cm³/mol. The van der Waals surface area contributed by atoms with Crippen LogP contribution in [-0.4, -0.2) is 57.3 Å². The number of nitrogens with one attached hydrogen (secondary N) is 2. The van der Waals surface area contributed by atoms with Crippen molar-refractivity contribution in [2.24, 2.45) is 11.5 Å². The number of carbonyl (C=O) groups excluding carboxylic acids is 4. The largest absolute Gasteiger partial charge is 0.453 e. The minimum atomic E-state index is -0.646. The number of aldehydes is 1. The first kappa shape index (κ1) is 33.2. The summed E-state index contributed by atoms with van der Waals surface area (Å²) in [4.78, 5) is 41.2. The minimum absolute atomic E-state index is 0.0808. The Kier molecular flexibility index (Phi) is 29.5. The third-order valence-electron chi connectivity index (χ3n) is 2.89. The Bertz CT molecular complexity index is 571. The lowest BCUT2D eigenvalue weighted by Crippen LogP contribution is -2.26. The van der Waals surface area contributed by atoms with Crippen LogP contribution in [-0.2, 0) is 30.5 Å². The summed E-state index contributed by atoms with van der Waals surface area (Å²) in [6.07, 6.45) is 3.58. The summed E-state index contributed by atoms with van der Waals surface area (Å²) in [6.45, 7) is 5.73. The Hall–Kier alpha value is -2.47. The van der Waals surface area contributed by atoms with Crippen LogP contribution in [0, 0.1) is 0 Å². The van der Waals surface area contributed by atoms with Crippen LogP contribution in [0.25, 0.3) is 0 Å². The Balaban J connectivity index is -0.000000496. The van der Waals surface area contributed by atoms with Gasteiger partial charge in [0.25, 0.3) is 0 Å². The zero-order valence-corrected chi connectivity index (χ0v) is 19.4. The molecule has 1 aromatic rings. The molecular formula is C20H36N4O6S. The number of nitrogens with two attached hydrogens (primary N) is 2. The van der Waals surface area contributed by atoms with Crippen molar-refractivity contribution in [3.05, 3.63) is 29.8 Å². The van der Waals surface area contributed by atoms with E-state index in [0.717, 1.165) is 18.4 Å². The highest BCUT2D eigenvalue weighted by Crippen LogP contribution is 2.10. The fraction of sp³-hybridized carbons (Fsp3) is 0.500. The van der Waals surface area contributed by atoms with E-state index >= 15 is 0 Å². The Morgan fingerprint density at radius 2 is 1.74 bits per heavy atom. The van der Waals surface area contributed by atoms with Gasteiger partial charge in [0, 0.05) is 12.3 Å². The molecule has 0 aliphatic rings. The Morgan fingerprint density at radius 3 is 2.10 bits per heavy atom. The van der Waals surface area contributed by atoms with Gasteiger partial charge in [0.2, 0.25) is 12.3 Å². The number of ether oxygens (including phenoxy) is 2. The molecule has 0 aliphatic carbocycles. The number of hydrogen-bond donors (Lipinski definition) is 5. The van der Waals surface area contributed by atoms with E-state index < -0.39 is 5.30 Å². The van der Waals surface area contributed by atoms with Gasteiger partial charge in [0.05, 0.1) is 6.54 Å². The highest BCUT2D eigenvalue weighted by Gasteiger charge is 2.02. The quantitative estimate of drug-likeness (QED) is 0.143. The van der Waals surface area contributed by atoms with Crippen molar-refractivity contribution in [3.8, 4) is 0 Å². The first-order valence-corrected chi connectivity index (χ1v) is 10.1. The van der Waals surface area contributed by atoms with Crippen molar-refractivity contribution >= 4 is 42.2 Å². The molecular weight excluding hydrogens is 424 g/mol. The molecule has 0 saturated carbocycles. The second-order valence-corrected chi connectivity index (χ2v) is 5.63. The van der Waals surface area contributed by atoms with Gasteiger partial charge in [-0.2, -0.15) is 0 Å². The van der Waals surface area contributed by atoms with Gasteiger partial charge in [-0.05, 0) is 44.6 Å². The van der Waals surface area contributed by atoms with Gasteiger partial charge in [0.15, 0.2) is 0 Å². The molecule has 0 aromatic heterocycles. The molecule has 0 spiro atoms. The van der Waals surface area contributed by atoms with Crippen LogP contribution in [0.15, 0.2) is 24.3 Å². The highest BCUT2D eigenvalue weighted by atomic mass is 32.1. The van der Waals surface area contributed by atoms with E-state index in [-0.39, 0.29) is 25.7 Å². The maximum atomic E-state index is 11.3. The average Bonchev–Trinajstić information content (AvgIpc) is 2.78. The molecule has 0 bridgehead atoms. The molecule has 0 aliphatic heterocycles. The maximum absolute atomic E-state index is 11.3. The van der Waals surface area contributed by atoms with Gasteiger partial charge in [-0.15, -0.1) is 0 Å². The molecule has 2 amide bonds. The van der Waals surface area contributed by atoms with Crippen LogP contribution >= 0.6 is 12.6 Å². The molecule has 0 heterocycles. The molecule has 0 radical (unpaired) electrons. The summed E-state index contributed by atoms with van der Waals surface area (Å²) in [5.74, 6) is -0.323. The van der Waals surface area contributed by atoms with Gasteiger partial charge < -0.3 is 36.4 Å². The van der Waals surface area contributed by atoms with E-state index in [1.165, 1.54) is 19.9 Å². The van der Waals surface area contributed by atoms with Crippen molar-refractivity contribution in [1.29, 1.82) is 0 Å². The van der Waals surface area contributed by atoms with Crippen LogP contribution in [0.3, 0.4) is 0 Å². The SMILES string of the molecule is CCCCN.CCOCC=O.CN.O=CNCC(=O)Nc1ccc(COC(=O)S)cc1. The number of anilines is 1. The maximum Gasteiger partial charge on any atom is 0.364 e. The number of thiol groups is 1. The van der Waals surface area contributed by atoms with Crippen molar-refractivity contribution in [3.63, 3.8) is 0 Å². The van der Waals surface area contributed by atoms with Gasteiger partial charge >= 0.3 is 5.30 Å². The highest BCUT2D eigenvalue weighted by molar-refractivity contribution is 7.96. The van der Waals surface area contributed by atoms with Crippen LogP contribution in [0.4, 0.5) is 10.5 Å². The molecule has 0 saturated heterocycles. The molecule has 1 aromatic carbocycles. The molecule has 10 nitrogen and oxygen atoms in total. The molecule has 31 heavy (non-hydrogen) atoms. The van der Waals surface area contributed by atoms with Gasteiger partial charge in [-0.3, -0.25) is 9.59 Å². The first-order chi connectivity index (χ1) is 14.9. The predicted octanol–water partition coefficient (Wildman–Crippen LogP) is 1.48. The van der Waals surface area contributed by atoms with Crippen molar-refractivity contribution < 1.29 is 28.7 Å². The van der Waals surface area contributed by atoms with E-state index in [2.05, 4.69) is 40.7 Å². The van der Waals surface area contributed by atoms with Crippen LogP contribution in [0.2, 0.25) is 0 Å². The van der Waals surface area contributed by atoms with Gasteiger partial charge in [-0.1, -0.05) is 38.1 Å². The molecule has 0 atom stereocenters. The van der Waals surface area contributed by atoms with Crippen LogP contribution in [0.5, 0.6) is 0 Å². The topological polar surface area (TPSA) is 163 Å². The lowest BCUT2D eigenvalue weighted by Gasteiger charge is -2.06. The second-order valence-electron chi connectivity index (χ2n) is 5.27. The van der Waals surface area contributed by atoms with E-state index in [1.54, 1.807) is 24.3 Å². The molecule has 178 valence electrons. The van der Waals surface area contributed by atoms with Crippen LogP contribution in [0.1, 0.15) is 32.3 Å². The standard InChI is InChI=1S/C11H12N2O4S.C4H11N.C4H8O2.CH5N/c14-7-12-5-10(15)13-9-3-1-8(2-4-9)6-17-11(16)18;1-2-3-4-5;1-2-6-4-3-5;1-2/h1-4,7H,5-6H2,(H,12,14)(H,13,15)(H,16,18);2-5H2,1H3;3H,2,4H2,1H3;2H2,1H3. The molecule has 6 N–H and O–H groups in total. The minimum Gasteiger partial charge on any atom is -0.453 e. The second kappa shape index (κ2) is 27.5. The monoisotopic (exact) mass is 460 g/mol. The van der Waals surface area contributed by atoms with E-state index in [0.29, 0.717) is 18.7 Å². The fourth-order valence-electron chi connectivity index (χ4n) is 1.54. The summed E-state index contributed by atoms with van der Waals surface area (Å²) >= 11 is 3.47. The number of amides is 2. The Morgan fingerprint density at radius 1 is 1.13 bits per heavy atom. The Labute approximate surface area is 189 Å². The van der Waals surface area contributed by atoms with Crippen molar-refractivity contribution in [2.75, 3.05) is 38.7 Å². The normalized spacial score (nSPS) is 8.58. The van der Waals surface area contributed by atoms with Crippen molar-refractivity contribution in [1.82, 2.24) is 5.32 Å². The van der Waals surface area contributed by atoms with Gasteiger partial charge in [0.1, 0.15) is 19.5 Å². The number of carbonyl (C=O) groups is 4. The molecule has 11 heteroatoms. The lowest BCUT2D eigenvalue weighted by atomic mass is 10.2. The third kappa shape index (κ3) is 27.5. The third-order valence-corrected chi connectivity index (χ3v) is 3.02. The number of benzene rings is 1. The fourth-order valence-corrected chi connectivity index (χ4v) is 1.60. The zero-order chi connectivity index (χ0) is 24.3. The molecule has 1 rings (SSSR count). The summed E-state index contributed by atoms with van der Waals surface area (Å²) in [5, 5.41) is 4.19. The zero-order valence-electron chi connectivity index (χ0n) is 18.5. The van der Waals surface area contributed by atoms with E-state index in [1.807, 2.05) is 6.92 Å². The van der Waals surface area contributed by atoms with Crippen LogP contribution < -0.4 is 22.1 Å². The van der Waals surface area contributed by atoms with Gasteiger partial charge in [-0.25, -0.2) is 4.79 Å². The van der Waals surface area contributed by atoms with Crippen molar-refractivity contribution in [2.45, 2.75) is 33.3 Å². The smallest absolute Gasteiger partial charge is 0.364 e. The summed E-state index contributed by atoms with van der Waals surface area (Å²) in [7, 11) is 1.50. The summed E-state index contributed by atoms with van der Waals surface area (Å²) in [5.41, 5.74) is 11.0. The summed E-state index contributed by atoms with van der Waals surface area (Å²) < 4.78 is 9.31. The number of hydrogen-bond acceptors (Lipinski definition) is 8. The van der Waals surface area contributed by atoms with E-state index in [9.17, 15) is 19.2 Å². The first-order valence-electron chi connectivity index (χ1n) is 9.65. The number of unbranched alkanes of at least 4 members (excludes halogenated alkanes) is 1.